The Balaban J connectivity index is 1.64. The maximum absolute atomic E-state index is 13.3. The predicted molar refractivity (Wildman–Crippen MR) is 165 cm³/mol. The van der Waals surface area contributed by atoms with Crippen molar-refractivity contribution in [3.05, 3.63) is 126 Å². The standard InChI is InChI=1S/C33H36N6O2/c1-4-19-41-31-29(26(5-2)23-11-7-6-8-12-23)20-24(27-13-9-10-14-28(27)32-36-38-39-37-32)21-30(31)35-33(40)34-25-17-15-22(3)16-18-25/h5-18,20-21,26,32,36-39H,2,4,19H2,1,3H3,(H2,34,35,40). The molecule has 0 aliphatic carbocycles. The second-order valence-electron chi connectivity index (χ2n) is 9.92. The Labute approximate surface area is 241 Å². The van der Waals surface area contributed by atoms with Crippen LogP contribution < -0.4 is 37.3 Å². The van der Waals surface area contributed by atoms with Gasteiger partial charge in [-0.25, -0.2) is 15.6 Å². The molecule has 1 heterocycles. The van der Waals surface area contributed by atoms with Crippen molar-refractivity contribution in [1.29, 1.82) is 0 Å². The van der Waals surface area contributed by atoms with Gasteiger partial charge < -0.3 is 15.4 Å². The number of benzene rings is 4. The number of carbonyl (C=O) groups excluding carboxylic acids is 1. The third-order valence-corrected chi connectivity index (χ3v) is 6.93. The molecular weight excluding hydrogens is 512 g/mol. The van der Waals surface area contributed by atoms with Gasteiger partial charge in [0.1, 0.15) is 11.9 Å². The van der Waals surface area contributed by atoms with Crippen molar-refractivity contribution in [2.45, 2.75) is 32.4 Å². The van der Waals surface area contributed by atoms with Gasteiger partial charge in [-0.15, -0.1) is 6.58 Å². The fourth-order valence-electron chi connectivity index (χ4n) is 4.94. The molecule has 5 rings (SSSR count). The Morgan fingerprint density at radius 3 is 2.37 bits per heavy atom. The molecule has 1 saturated heterocycles. The first-order valence-corrected chi connectivity index (χ1v) is 13.8. The first-order chi connectivity index (χ1) is 20.1. The maximum Gasteiger partial charge on any atom is 0.323 e. The van der Waals surface area contributed by atoms with E-state index in [9.17, 15) is 4.79 Å². The van der Waals surface area contributed by atoms with Gasteiger partial charge in [0, 0.05) is 17.2 Å². The van der Waals surface area contributed by atoms with Gasteiger partial charge in [0.05, 0.1) is 12.3 Å². The number of rotatable bonds is 10. The molecule has 4 aromatic rings. The van der Waals surface area contributed by atoms with Gasteiger partial charge in [0.25, 0.3) is 0 Å². The van der Waals surface area contributed by atoms with Crippen molar-refractivity contribution >= 4 is 17.4 Å². The van der Waals surface area contributed by atoms with E-state index in [0.29, 0.717) is 23.7 Å². The molecule has 0 aromatic heterocycles. The minimum Gasteiger partial charge on any atom is -0.491 e. The summed E-state index contributed by atoms with van der Waals surface area (Å²) in [7, 11) is 0. The topological polar surface area (TPSA) is 98.5 Å². The number of nitrogens with one attached hydrogen (secondary N) is 6. The van der Waals surface area contributed by atoms with Crippen LogP contribution in [0.3, 0.4) is 0 Å². The number of ether oxygens (including phenoxy) is 1. The van der Waals surface area contributed by atoms with Crippen molar-refractivity contribution in [3.63, 3.8) is 0 Å². The summed E-state index contributed by atoms with van der Waals surface area (Å²) in [5, 5.41) is 6.04. The lowest BCUT2D eigenvalue weighted by Gasteiger charge is -2.24. The quantitative estimate of drug-likeness (QED) is 0.126. The van der Waals surface area contributed by atoms with E-state index >= 15 is 0 Å². The zero-order valence-electron chi connectivity index (χ0n) is 23.3. The molecule has 6 N–H and O–H groups in total. The highest BCUT2D eigenvalue weighted by Crippen LogP contribution is 2.43. The number of amides is 2. The smallest absolute Gasteiger partial charge is 0.323 e. The second-order valence-corrected chi connectivity index (χ2v) is 9.92. The first kappa shape index (κ1) is 28.1. The van der Waals surface area contributed by atoms with Crippen LogP contribution in [0.1, 0.15) is 47.7 Å². The van der Waals surface area contributed by atoms with Gasteiger partial charge in [0.15, 0.2) is 0 Å². The lowest BCUT2D eigenvalue weighted by atomic mass is 9.87. The molecule has 0 saturated carbocycles. The summed E-state index contributed by atoms with van der Waals surface area (Å²) < 4.78 is 6.37. The molecule has 0 bridgehead atoms. The summed E-state index contributed by atoms with van der Waals surface area (Å²) in [6.45, 7) is 8.76. The molecular formula is C33H36N6O2. The van der Waals surface area contributed by atoms with E-state index in [1.807, 2.05) is 73.7 Å². The van der Waals surface area contributed by atoms with Crippen LogP contribution in [0.2, 0.25) is 0 Å². The number of carbonyl (C=O) groups is 1. The number of allylic oxidation sites excluding steroid dienone is 1. The Kier molecular flexibility index (Phi) is 9.08. The van der Waals surface area contributed by atoms with E-state index in [0.717, 1.165) is 39.8 Å². The number of hydrazine groups is 3. The van der Waals surface area contributed by atoms with Crippen LogP contribution in [0.4, 0.5) is 16.2 Å². The Morgan fingerprint density at radius 2 is 1.66 bits per heavy atom. The average molecular weight is 549 g/mol. The van der Waals surface area contributed by atoms with E-state index in [4.69, 9.17) is 4.74 Å². The zero-order chi connectivity index (χ0) is 28.6. The fraction of sp³-hybridized carbons (Fsp3) is 0.182. The molecule has 2 amide bonds. The fourth-order valence-corrected chi connectivity index (χ4v) is 4.94. The van der Waals surface area contributed by atoms with Crippen LogP contribution in [0.15, 0.2) is 104 Å². The van der Waals surface area contributed by atoms with Crippen LogP contribution in [-0.4, -0.2) is 12.6 Å². The van der Waals surface area contributed by atoms with Crippen molar-refractivity contribution in [2.75, 3.05) is 17.2 Å². The Bertz CT molecular complexity index is 1480. The van der Waals surface area contributed by atoms with E-state index in [1.54, 1.807) is 0 Å². The first-order valence-electron chi connectivity index (χ1n) is 13.8. The molecule has 0 radical (unpaired) electrons. The van der Waals surface area contributed by atoms with Crippen molar-refractivity contribution < 1.29 is 9.53 Å². The second kappa shape index (κ2) is 13.3. The molecule has 41 heavy (non-hydrogen) atoms. The summed E-state index contributed by atoms with van der Waals surface area (Å²) >= 11 is 0. The van der Waals surface area contributed by atoms with E-state index in [1.165, 1.54) is 0 Å². The molecule has 8 heteroatoms. The van der Waals surface area contributed by atoms with Gasteiger partial charge in [-0.2, -0.15) is 11.1 Å². The molecule has 1 atom stereocenters. The number of hydrogen-bond donors (Lipinski definition) is 6. The summed E-state index contributed by atoms with van der Waals surface area (Å²) in [5.74, 6) is 0.461. The van der Waals surface area contributed by atoms with Crippen molar-refractivity contribution in [1.82, 2.24) is 21.9 Å². The number of anilines is 2. The summed E-state index contributed by atoms with van der Waals surface area (Å²) in [6.07, 6.45) is 2.57. The van der Waals surface area contributed by atoms with E-state index in [-0.39, 0.29) is 18.1 Å². The molecule has 8 nitrogen and oxygen atoms in total. The van der Waals surface area contributed by atoms with Crippen LogP contribution in [0.5, 0.6) is 5.75 Å². The third kappa shape index (κ3) is 6.65. The highest BCUT2D eigenvalue weighted by molar-refractivity contribution is 6.01. The van der Waals surface area contributed by atoms with Gasteiger partial charge in [-0.1, -0.05) is 85.3 Å². The van der Waals surface area contributed by atoms with Crippen LogP contribution in [0, 0.1) is 6.92 Å². The lowest BCUT2D eigenvalue weighted by Crippen LogP contribution is -2.33. The lowest BCUT2D eigenvalue weighted by molar-refractivity contribution is 0.261. The summed E-state index contributed by atoms with van der Waals surface area (Å²) in [4.78, 5) is 13.3. The largest absolute Gasteiger partial charge is 0.491 e. The minimum absolute atomic E-state index is 0.165. The predicted octanol–water partition coefficient (Wildman–Crippen LogP) is 6.53. The molecule has 1 aliphatic rings. The molecule has 210 valence electrons. The van der Waals surface area contributed by atoms with Crippen molar-refractivity contribution in [3.8, 4) is 16.9 Å². The average Bonchev–Trinajstić information content (AvgIpc) is 3.54. The Morgan fingerprint density at radius 1 is 0.951 bits per heavy atom. The van der Waals surface area contributed by atoms with Crippen LogP contribution in [0.25, 0.3) is 11.1 Å². The zero-order valence-corrected chi connectivity index (χ0v) is 23.3. The molecule has 1 unspecified atom stereocenters. The molecule has 4 aromatic carbocycles. The summed E-state index contributed by atoms with van der Waals surface area (Å²) in [5.41, 5.74) is 19.5. The normalized spacial score (nSPS) is 13.9. The number of hydrogen-bond acceptors (Lipinski definition) is 6. The van der Waals surface area contributed by atoms with E-state index in [2.05, 4.69) is 76.4 Å². The van der Waals surface area contributed by atoms with Gasteiger partial charge >= 0.3 is 6.03 Å². The highest BCUT2D eigenvalue weighted by atomic mass is 16.5. The number of aryl methyl sites for hydroxylation is 1. The van der Waals surface area contributed by atoms with E-state index < -0.39 is 0 Å². The van der Waals surface area contributed by atoms with Gasteiger partial charge in [-0.05, 0) is 59.9 Å². The number of urea groups is 1. The minimum atomic E-state index is -0.353. The SMILES string of the molecule is C=CC(c1ccccc1)c1cc(-c2ccccc2C2NNNN2)cc(NC(=O)Nc2ccc(C)cc2)c1OCCC. The molecule has 1 aliphatic heterocycles. The van der Waals surface area contributed by atoms with Crippen molar-refractivity contribution in [2.24, 2.45) is 0 Å². The van der Waals surface area contributed by atoms with Gasteiger partial charge in [0.2, 0.25) is 0 Å². The third-order valence-electron chi connectivity index (χ3n) is 6.93. The Hall–Kier alpha value is -4.47. The summed E-state index contributed by atoms with van der Waals surface area (Å²) in [6, 6.07) is 29.8. The molecule has 1 fully saturated rings. The van der Waals surface area contributed by atoms with Crippen LogP contribution >= 0.6 is 0 Å². The highest BCUT2D eigenvalue weighted by Gasteiger charge is 2.24. The van der Waals surface area contributed by atoms with Gasteiger partial charge in [-0.3, -0.25) is 0 Å². The monoisotopic (exact) mass is 548 g/mol. The maximum atomic E-state index is 13.3. The van der Waals surface area contributed by atoms with Crippen LogP contribution in [-0.2, 0) is 0 Å². The molecule has 0 spiro atoms.